The predicted octanol–water partition coefficient (Wildman–Crippen LogP) is 3.83. The van der Waals surface area contributed by atoms with Gasteiger partial charge in [0.1, 0.15) is 11.4 Å². The number of carbonyl (C=O) groups is 2. The Morgan fingerprint density at radius 1 is 0.862 bits per heavy atom. The van der Waals surface area contributed by atoms with Gasteiger partial charge in [-0.15, -0.1) is 0 Å². The molecule has 7 heteroatoms. The Kier molecular flexibility index (Phi) is 5.97. The molecule has 144 valence electrons. The van der Waals surface area contributed by atoms with Gasteiger partial charge in [0, 0.05) is 0 Å². The van der Waals surface area contributed by atoms with Gasteiger partial charge in [0.15, 0.2) is 4.58 Å². The molecule has 2 N–H and O–H groups in total. The number of nitrogens with one attached hydrogen (secondary N) is 2. The first-order chi connectivity index (χ1) is 14.2. The Morgan fingerprint density at radius 3 is 2.10 bits per heavy atom. The number of rotatable bonds is 4. The molecule has 1 fully saturated rings. The molecule has 1 saturated heterocycles. The Labute approximate surface area is 177 Å². The highest BCUT2D eigenvalue weighted by Crippen LogP contribution is 2.37. The average Bonchev–Trinajstić information content (AvgIpc) is 3.03. The summed E-state index contributed by atoms with van der Waals surface area (Å²) in [6.07, 6.45) is 0. The second kappa shape index (κ2) is 8.98. The number of thioether (sulfide) groups is 2. The number of anilines is 2. The Morgan fingerprint density at radius 2 is 1.45 bits per heavy atom. The molecular weight excluding hydrogens is 402 g/mol. The van der Waals surface area contributed by atoms with E-state index in [0.717, 1.165) is 23.1 Å². The normalized spacial score (nSPS) is 16.9. The third kappa shape index (κ3) is 4.70. The molecule has 5 nitrogen and oxygen atoms in total. The fourth-order valence-corrected chi connectivity index (χ4v) is 4.97. The van der Waals surface area contributed by atoms with Crippen LogP contribution in [0.4, 0.5) is 21.9 Å². The van der Waals surface area contributed by atoms with Gasteiger partial charge in [-0.25, -0.2) is 15.2 Å². The predicted molar refractivity (Wildman–Crippen MR) is 120 cm³/mol. The van der Waals surface area contributed by atoms with Crippen molar-refractivity contribution in [2.75, 3.05) is 10.2 Å². The van der Waals surface area contributed by atoms with Crippen molar-refractivity contribution in [1.29, 1.82) is 0 Å². The average molecular weight is 421 g/mol. The van der Waals surface area contributed by atoms with E-state index >= 15 is 0 Å². The molecule has 0 aromatic heterocycles. The van der Waals surface area contributed by atoms with Crippen LogP contribution in [0.5, 0.6) is 0 Å². The van der Waals surface area contributed by atoms with E-state index in [-0.39, 0.29) is 11.1 Å². The topological polar surface area (TPSA) is 63.4 Å². The lowest BCUT2D eigenvalue weighted by atomic mass is 10.3. The molecule has 2 amide bonds. The van der Waals surface area contributed by atoms with Gasteiger partial charge in [-0.3, -0.25) is 9.59 Å². The molecule has 1 unspecified atom stereocenters. The largest absolute Gasteiger partial charge is 0.315 e. The standard InChI is InChI=1S/C22H17N3O2S2/c26-19-20(29-22(27)25(19)18-14-8-3-9-15-18)28-21(23-16-10-4-1-5-11-16)24-17-12-6-2-7-13-17/h1-15,20H,(H,23,24)/p+1. The van der Waals surface area contributed by atoms with E-state index in [9.17, 15) is 9.59 Å². The van der Waals surface area contributed by atoms with Crippen LogP contribution in [0.15, 0.2) is 91.0 Å². The molecule has 0 radical (unpaired) electrons. The van der Waals surface area contributed by atoms with Gasteiger partial charge < -0.3 is 0 Å². The van der Waals surface area contributed by atoms with Crippen molar-refractivity contribution in [3.63, 3.8) is 0 Å². The lowest BCUT2D eigenvalue weighted by molar-refractivity contribution is -0.349. The molecule has 4 rings (SSSR count). The Hall–Kier alpha value is -3.03. The van der Waals surface area contributed by atoms with Gasteiger partial charge in [0.05, 0.1) is 5.69 Å². The number of hydrogen-bond donors (Lipinski definition) is 2. The lowest BCUT2D eigenvalue weighted by Gasteiger charge is -2.13. The van der Waals surface area contributed by atoms with Crippen LogP contribution in [-0.2, 0) is 4.79 Å². The summed E-state index contributed by atoms with van der Waals surface area (Å²) < 4.78 is -0.579. The van der Waals surface area contributed by atoms with Crippen molar-refractivity contribution in [2.24, 2.45) is 0 Å². The van der Waals surface area contributed by atoms with Crippen LogP contribution < -0.4 is 15.2 Å². The minimum absolute atomic E-state index is 0.238. The van der Waals surface area contributed by atoms with Crippen molar-refractivity contribution in [3.8, 4) is 0 Å². The molecule has 0 aliphatic carbocycles. The van der Waals surface area contributed by atoms with Gasteiger partial charge >= 0.3 is 5.17 Å². The fraction of sp³-hybridized carbons (Fsp3) is 0.0455. The number of amidine groups is 1. The fourth-order valence-electron chi connectivity index (χ4n) is 2.78. The number of para-hydroxylation sites is 3. The first-order valence-corrected chi connectivity index (χ1v) is 10.7. The van der Waals surface area contributed by atoms with E-state index in [0.29, 0.717) is 10.9 Å². The SMILES string of the molecule is O=C1SC(SC(Nc2ccccc2)=[NH+]c2ccccc2)C(=O)N1c1ccccc1. The second-order valence-corrected chi connectivity index (χ2v) is 8.62. The lowest BCUT2D eigenvalue weighted by Crippen LogP contribution is -2.67. The summed E-state index contributed by atoms with van der Waals surface area (Å²) in [7, 11) is 0. The van der Waals surface area contributed by atoms with Gasteiger partial charge in [0.2, 0.25) is 0 Å². The third-order valence-corrected chi connectivity index (χ3v) is 6.35. The molecule has 1 atom stereocenters. The zero-order valence-electron chi connectivity index (χ0n) is 15.3. The smallest absolute Gasteiger partial charge is 0.272 e. The summed E-state index contributed by atoms with van der Waals surface area (Å²) in [6.45, 7) is 0. The highest BCUT2D eigenvalue weighted by Gasteiger charge is 2.43. The van der Waals surface area contributed by atoms with Crippen molar-refractivity contribution in [1.82, 2.24) is 0 Å². The Balaban J connectivity index is 1.58. The number of amides is 2. The van der Waals surface area contributed by atoms with E-state index < -0.39 is 4.58 Å². The molecule has 1 aliphatic heterocycles. The number of hydrogen-bond acceptors (Lipinski definition) is 4. The molecule has 1 aliphatic rings. The van der Waals surface area contributed by atoms with E-state index in [4.69, 9.17) is 0 Å². The zero-order chi connectivity index (χ0) is 20.1. The monoisotopic (exact) mass is 420 g/mol. The van der Waals surface area contributed by atoms with Crippen LogP contribution in [0, 0.1) is 0 Å². The summed E-state index contributed by atoms with van der Waals surface area (Å²) in [6, 6.07) is 28.4. The van der Waals surface area contributed by atoms with E-state index in [1.807, 2.05) is 78.9 Å². The molecular formula is C22H18N3O2S2+. The highest BCUT2D eigenvalue weighted by molar-refractivity contribution is 8.31. The summed E-state index contributed by atoms with van der Waals surface area (Å²) in [5.41, 5.74) is 2.37. The molecule has 0 saturated carbocycles. The Bertz CT molecular complexity index is 1030. The summed E-state index contributed by atoms with van der Waals surface area (Å²) in [4.78, 5) is 30.0. The first kappa shape index (κ1) is 19.3. The summed E-state index contributed by atoms with van der Waals surface area (Å²) in [5.74, 6) is -0.238. The molecule has 3 aromatic rings. The number of imide groups is 1. The molecule has 1 heterocycles. The minimum atomic E-state index is -0.579. The van der Waals surface area contributed by atoms with Crippen LogP contribution >= 0.6 is 23.5 Å². The molecule has 3 aromatic carbocycles. The maximum atomic E-state index is 13.0. The van der Waals surface area contributed by atoms with Crippen LogP contribution in [0.25, 0.3) is 0 Å². The van der Waals surface area contributed by atoms with E-state index in [1.54, 1.807) is 12.1 Å². The summed E-state index contributed by atoms with van der Waals surface area (Å²) >= 11 is 2.32. The minimum Gasteiger partial charge on any atom is -0.272 e. The number of benzene rings is 3. The molecule has 0 bridgehead atoms. The van der Waals surface area contributed by atoms with Crippen LogP contribution in [0.1, 0.15) is 0 Å². The van der Waals surface area contributed by atoms with Crippen molar-refractivity contribution < 1.29 is 14.6 Å². The van der Waals surface area contributed by atoms with Crippen molar-refractivity contribution in [2.45, 2.75) is 4.58 Å². The van der Waals surface area contributed by atoms with Crippen LogP contribution in [0.2, 0.25) is 0 Å². The van der Waals surface area contributed by atoms with Gasteiger partial charge in [-0.1, -0.05) is 54.6 Å². The van der Waals surface area contributed by atoms with Gasteiger partial charge in [0.25, 0.3) is 11.1 Å². The van der Waals surface area contributed by atoms with Gasteiger partial charge in [-0.2, -0.15) is 0 Å². The zero-order valence-corrected chi connectivity index (χ0v) is 17.0. The number of nitrogens with zero attached hydrogens (tertiary/aromatic N) is 1. The van der Waals surface area contributed by atoms with Crippen LogP contribution in [0.3, 0.4) is 0 Å². The van der Waals surface area contributed by atoms with E-state index in [2.05, 4.69) is 10.3 Å². The highest BCUT2D eigenvalue weighted by atomic mass is 32.2. The van der Waals surface area contributed by atoms with E-state index in [1.165, 1.54) is 16.7 Å². The third-order valence-electron chi connectivity index (χ3n) is 4.12. The van der Waals surface area contributed by atoms with Crippen LogP contribution in [-0.4, -0.2) is 20.9 Å². The maximum absolute atomic E-state index is 13.0. The summed E-state index contributed by atoms with van der Waals surface area (Å²) in [5, 5.41) is 3.73. The first-order valence-electron chi connectivity index (χ1n) is 8.98. The quantitative estimate of drug-likeness (QED) is 0.496. The molecule has 29 heavy (non-hydrogen) atoms. The molecule has 0 spiro atoms. The number of carbonyl (C=O) groups excluding carboxylic acids is 2. The maximum Gasteiger partial charge on any atom is 0.315 e. The van der Waals surface area contributed by atoms with Gasteiger partial charge in [-0.05, 0) is 59.9 Å². The second-order valence-electron chi connectivity index (χ2n) is 6.15. The van der Waals surface area contributed by atoms with Crippen molar-refractivity contribution in [3.05, 3.63) is 91.0 Å². The van der Waals surface area contributed by atoms with Crippen molar-refractivity contribution >= 4 is 56.9 Å².